The fourth-order valence-electron chi connectivity index (χ4n) is 3.02. The molecule has 0 radical (unpaired) electrons. The highest BCUT2D eigenvalue weighted by molar-refractivity contribution is 5.81. The third-order valence-corrected chi connectivity index (χ3v) is 4.39. The number of fused-ring (bicyclic) bond motifs is 2. The fourth-order valence-corrected chi connectivity index (χ4v) is 3.02. The van der Waals surface area contributed by atoms with Crippen molar-refractivity contribution in [1.82, 2.24) is 24.6 Å². The van der Waals surface area contributed by atoms with Gasteiger partial charge >= 0.3 is 0 Å². The molecule has 4 aromatic rings. The molecule has 0 spiro atoms. The summed E-state index contributed by atoms with van der Waals surface area (Å²) in [7, 11) is 0. The van der Waals surface area contributed by atoms with E-state index >= 15 is 0 Å². The third-order valence-electron chi connectivity index (χ3n) is 4.39. The van der Waals surface area contributed by atoms with Gasteiger partial charge in [-0.2, -0.15) is 9.78 Å². The van der Waals surface area contributed by atoms with E-state index in [1.807, 2.05) is 31.2 Å². The van der Waals surface area contributed by atoms with Crippen LogP contribution in [0.5, 0.6) is 0 Å². The highest BCUT2D eigenvalue weighted by Gasteiger charge is 2.23. The van der Waals surface area contributed by atoms with Crippen LogP contribution >= 0.6 is 0 Å². The monoisotopic (exact) mass is 344 g/mol. The Balaban J connectivity index is 1.57. The van der Waals surface area contributed by atoms with Gasteiger partial charge in [0.15, 0.2) is 17.2 Å². The van der Waals surface area contributed by atoms with Crippen LogP contribution in [0.25, 0.3) is 16.7 Å². The number of anilines is 3. The maximum Gasteiger partial charge on any atom is 0.178 e. The highest BCUT2D eigenvalue weighted by atomic mass is 15.3. The van der Waals surface area contributed by atoms with Crippen molar-refractivity contribution in [3.8, 4) is 6.07 Å². The van der Waals surface area contributed by atoms with E-state index in [1.165, 1.54) is 0 Å². The summed E-state index contributed by atoms with van der Waals surface area (Å²) >= 11 is 0. The molecule has 0 bridgehead atoms. The zero-order valence-electron chi connectivity index (χ0n) is 14.1. The van der Waals surface area contributed by atoms with Crippen molar-refractivity contribution in [2.24, 2.45) is 0 Å². The van der Waals surface area contributed by atoms with Crippen molar-refractivity contribution in [3.05, 3.63) is 42.0 Å². The minimum Gasteiger partial charge on any atom is -0.379 e. The van der Waals surface area contributed by atoms with Gasteiger partial charge in [0.05, 0.1) is 22.9 Å². The predicted molar refractivity (Wildman–Crippen MR) is 98.5 cm³/mol. The standard InChI is InChI=1S/C18H16N8/c1-10-21-14-5-4-12(6-15(14)22-10)24-17-7-16(23-11-2-3-11)18-20-9-13(8-19)26(18)25-17/h4-7,9,11,23H,2-3H2,1H3,(H,21,22)(H,24,25). The van der Waals surface area contributed by atoms with E-state index in [4.69, 9.17) is 0 Å². The molecule has 1 fully saturated rings. The first-order chi connectivity index (χ1) is 12.7. The molecule has 26 heavy (non-hydrogen) atoms. The predicted octanol–water partition coefficient (Wildman–Crippen LogP) is 3.10. The fraction of sp³-hybridized carbons (Fsp3) is 0.222. The van der Waals surface area contributed by atoms with Gasteiger partial charge < -0.3 is 15.6 Å². The Morgan fingerprint density at radius 3 is 3.00 bits per heavy atom. The topological polar surface area (TPSA) is 107 Å². The van der Waals surface area contributed by atoms with E-state index in [9.17, 15) is 5.26 Å². The first-order valence-electron chi connectivity index (χ1n) is 8.48. The van der Waals surface area contributed by atoms with Gasteiger partial charge in [-0.3, -0.25) is 0 Å². The molecule has 3 N–H and O–H groups in total. The lowest BCUT2D eigenvalue weighted by atomic mass is 10.2. The summed E-state index contributed by atoms with van der Waals surface area (Å²) in [6.07, 6.45) is 3.85. The number of H-pyrrole nitrogens is 1. The van der Waals surface area contributed by atoms with Crippen molar-refractivity contribution in [2.45, 2.75) is 25.8 Å². The van der Waals surface area contributed by atoms with Gasteiger partial charge in [0.2, 0.25) is 0 Å². The van der Waals surface area contributed by atoms with E-state index in [0.29, 0.717) is 23.2 Å². The second-order valence-electron chi connectivity index (χ2n) is 6.53. The Morgan fingerprint density at radius 2 is 2.19 bits per heavy atom. The van der Waals surface area contributed by atoms with Crippen LogP contribution in [-0.2, 0) is 0 Å². The van der Waals surface area contributed by atoms with Gasteiger partial charge in [0.1, 0.15) is 11.9 Å². The van der Waals surface area contributed by atoms with E-state index in [1.54, 1.807) is 10.7 Å². The lowest BCUT2D eigenvalue weighted by molar-refractivity contribution is 0.924. The van der Waals surface area contributed by atoms with Gasteiger partial charge in [-0.05, 0) is 38.0 Å². The second kappa shape index (κ2) is 5.46. The summed E-state index contributed by atoms with van der Waals surface area (Å²) in [5.74, 6) is 1.52. The SMILES string of the molecule is Cc1nc2ccc(Nc3cc(NC4CC4)c4ncc(C#N)n4n3)cc2[nH]1. The largest absolute Gasteiger partial charge is 0.379 e. The van der Waals surface area contributed by atoms with E-state index < -0.39 is 0 Å². The Morgan fingerprint density at radius 1 is 1.31 bits per heavy atom. The molecule has 128 valence electrons. The Labute approximate surface area is 148 Å². The quantitative estimate of drug-likeness (QED) is 0.525. The van der Waals surface area contributed by atoms with Crippen LogP contribution < -0.4 is 10.6 Å². The van der Waals surface area contributed by atoms with E-state index in [2.05, 4.69) is 36.8 Å². The highest BCUT2D eigenvalue weighted by Crippen LogP contribution is 2.29. The number of nitriles is 1. The number of aromatic amines is 1. The van der Waals surface area contributed by atoms with Crippen molar-refractivity contribution in [2.75, 3.05) is 10.6 Å². The number of nitrogens with one attached hydrogen (secondary N) is 3. The number of hydrogen-bond donors (Lipinski definition) is 3. The number of aromatic nitrogens is 5. The average molecular weight is 344 g/mol. The van der Waals surface area contributed by atoms with Gasteiger partial charge in [0.25, 0.3) is 0 Å². The number of benzene rings is 1. The molecule has 3 aromatic heterocycles. The summed E-state index contributed by atoms with van der Waals surface area (Å²) < 4.78 is 1.58. The van der Waals surface area contributed by atoms with E-state index in [-0.39, 0.29) is 0 Å². The smallest absolute Gasteiger partial charge is 0.178 e. The summed E-state index contributed by atoms with van der Waals surface area (Å²) in [6.45, 7) is 1.93. The van der Waals surface area contributed by atoms with Crippen molar-refractivity contribution in [1.29, 1.82) is 5.26 Å². The number of nitrogens with zero attached hydrogens (tertiary/aromatic N) is 5. The summed E-state index contributed by atoms with van der Waals surface area (Å²) in [5.41, 5.74) is 4.73. The first-order valence-corrected chi connectivity index (χ1v) is 8.48. The zero-order valence-corrected chi connectivity index (χ0v) is 14.1. The molecule has 5 rings (SSSR count). The van der Waals surface area contributed by atoms with Crippen molar-refractivity contribution >= 4 is 33.9 Å². The maximum absolute atomic E-state index is 9.31. The Bertz CT molecular complexity index is 1180. The van der Waals surface area contributed by atoms with Crippen LogP contribution in [0.4, 0.5) is 17.2 Å². The zero-order chi connectivity index (χ0) is 17.7. The first kappa shape index (κ1) is 14.7. The number of aryl methyl sites for hydroxylation is 1. The molecule has 0 aliphatic heterocycles. The van der Waals surface area contributed by atoms with Crippen LogP contribution in [-0.4, -0.2) is 30.6 Å². The molecule has 1 aromatic carbocycles. The van der Waals surface area contributed by atoms with Gasteiger partial charge in [-0.25, -0.2) is 9.97 Å². The normalized spacial score (nSPS) is 13.8. The van der Waals surface area contributed by atoms with Crippen molar-refractivity contribution < 1.29 is 0 Å². The number of hydrogen-bond acceptors (Lipinski definition) is 6. The second-order valence-corrected chi connectivity index (χ2v) is 6.53. The van der Waals surface area contributed by atoms with Crippen LogP contribution in [0, 0.1) is 18.3 Å². The molecule has 0 unspecified atom stereocenters. The number of imidazole rings is 2. The minimum atomic E-state index is 0.405. The van der Waals surface area contributed by atoms with Crippen LogP contribution in [0.2, 0.25) is 0 Å². The number of rotatable bonds is 4. The van der Waals surface area contributed by atoms with E-state index in [0.717, 1.165) is 41.1 Å². The van der Waals surface area contributed by atoms with Crippen LogP contribution in [0.15, 0.2) is 30.5 Å². The summed E-state index contributed by atoms with van der Waals surface area (Å²) in [5, 5.41) is 20.6. The maximum atomic E-state index is 9.31. The molecule has 1 aliphatic rings. The Hall–Kier alpha value is -3.60. The summed E-state index contributed by atoms with van der Waals surface area (Å²) in [6, 6.07) is 10.5. The van der Waals surface area contributed by atoms with Gasteiger partial charge in [-0.15, -0.1) is 5.10 Å². The average Bonchev–Trinajstić information content (AvgIpc) is 3.21. The van der Waals surface area contributed by atoms with Crippen molar-refractivity contribution in [3.63, 3.8) is 0 Å². The molecule has 0 saturated heterocycles. The lowest BCUT2D eigenvalue weighted by Gasteiger charge is -2.11. The Kier molecular flexibility index (Phi) is 3.09. The molecule has 1 aliphatic carbocycles. The van der Waals surface area contributed by atoms with Gasteiger partial charge in [-0.1, -0.05) is 0 Å². The van der Waals surface area contributed by atoms with Crippen LogP contribution in [0.3, 0.4) is 0 Å². The molecule has 8 heteroatoms. The summed E-state index contributed by atoms with van der Waals surface area (Å²) in [4.78, 5) is 12.0. The minimum absolute atomic E-state index is 0.405. The molecule has 0 amide bonds. The third kappa shape index (κ3) is 2.50. The molecule has 3 heterocycles. The van der Waals surface area contributed by atoms with Crippen LogP contribution in [0.1, 0.15) is 24.4 Å². The molecule has 0 atom stereocenters. The lowest BCUT2D eigenvalue weighted by Crippen LogP contribution is -2.07. The molecular weight excluding hydrogens is 328 g/mol. The molecule has 1 saturated carbocycles. The molecule has 8 nitrogen and oxygen atoms in total. The molecular formula is C18H16N8. The van der Waals surface area contributed by atoms with Gasteiger partial charge in [0, 0.05) is 17.8 Å².